The molecule has 21 heavy (non-hydrogen) atoms. The normalized spacial score (nSPS) is 11.4. The molecule has 1 aromatic carbocycles. The van der Waals surface area contributed by atoms with Crippen molar-refractivity contribution in [3.63, 3.8) is 0 Å². The largest absolute Gasteiger partial charge is 0.464 e. The topological polar surface area (TPSA) is 67.6 Å². The number of carbonyl (C=O) groups excluding carboxylic acids is 1. The molecular formula is C15H17NO4S. The Kier molecular flexibility index (Phi) is 4.18. The van der Waals surface area contributed by atoms with Gasteiger partial charge in [0.05, 0.1) is 11.4 Å². The van der Waals surface area contributed by atoms with Crippen LogP contribution >= 0.6 is 0 Å². The molecule has 0 spiro atoms. The average molecular weight is 307 g/mol. The van der Waals surface area contributed by atoms with Crippen molar-refractivity contribution in [2.45, 2.75) is 18.4 Å². The van der Waals surface area contributed by atoms with Crippen LogP contribution in [0.25, 0.3) is 0 Å². The van der Waals surface area contributed by atoms with Gasteiger partial charge in [0.2, 0.25) is 0 Å². The third-order valence-electron chi connectivity index (χ3n) is 3.04. The molecule has 0 aliphatic rings. The molecule has 0 N–H and O–H groups in total. The van der Waals surface area contributed by atoms with E-state index in [1.807, 2.05) is 19.1 Å². The quantitative estimate of drug-likeness (QED) is 0.869. The number of furan rings is 1. The minimum Gasteiger partial charge on any atom is -0.464 e. The molecule has 6 heteroatoms. The Morgan fingerprint density at radius 2 is 1.95 bits per heavy atom. The fourth-order valence-electron chi connectivity index (χ4n) is 1.96. The van der Waals surface area contributed by atoms with Crippen LogP contribution in [0.2, 0.25) is 0 Å². The molecule has 2 rings (SSSR count). The zero-order valence-corrected chi connectivity index (χ0v) is 13.0. The Bertz CT molecular complexity index is 761. The van der Waals surface area contributed by atoms with Crippen LogP contribution in [-0.2, 0) is 16.4 Å². The van der Waals surface area contributed by atoms with Crippen LogP contribution in [0, 0.1) is 6.92 Å². The molecule has 0 bridgehead atoms. The Morgan fingerprint density at radius 1 is 1.24 bits per heavy atom. The molecule has 2 aromatic rings. The van der Waals surface area contributed by atoms with E-state index in [9.17, 15) is 13.2 Å². The fourth-order valence-corrected chi connectivity index (χ4v) is 2.62. The van der Waals surface area contributed by atoms with Gasteiger partial charge in [-0.25, -0.2) is 8.42 Å². The van der Waals surface area contributed by atoms with Crippen LogP contribution in [0.3, 0.4) is 0 Å². The maximum atomic E-state index is 12.3. The van der Waals surface area contributed by atoms with Gasteiger partial charge in [-0.05, 0) is 37.3 Å². The van der Waals surface area contributed by atoms with Gasteiger partial charge in [0.15, 0.2) is 9.84 Å². The van der Waals surface area contributed by atoms with Gasteiger partial charge in [0.1, 0.15) is 11.5 Å². The molecule has 0 saturated carbocycles. The first-order valence-electron chi connectivity index (χ1n) is 6.38. The molecule has 5 nitrogen and oxygen atoms in total. The molecular weight excluding hydrogens is 290 g/mol. The zero-order valence-electron chi connectivity index (χ0n) is 12.2. The second-order valence-electron chi connectivity index (χ2n) is 4.97. The Morgan fingerprint density at radius 3 is 2.52 bits per heavy atom. The summed E-state index contributed by atoms with van der Waals surface area (Å²) in [6.07, 6.45) is 1.12. The van der Waals surface area contributed by atoms with Crippen LogP contribution in [0.4, 0.5) is 0 Å². The van der Waals surface area contributed by atoms with E-state index in [0.717, 1.165) is 12.0 Å². The summed E-state index contributed by atoms with van der Waals surface area (Å²) in [5.41, 5.74) is 0.337. The number of sulfone groups is 1. The number of rotatable bonds is 4. The summed E-state index contributed by atoms with van der Waals surface area (Å²) in [6, 6.07) is 9.67. The molecule has 0 fully saturated rings. The predicted octanol–water partition coefficient (Wildman–Crippen LogP) is 2.26. The Hall–Kier alpha value is -2.08. The highest BCUT2D eigenvalue weighted by molar-refractivity contribution is 7.90. The minimum atomic E-state index is -3.33. The van der Waals surface area contributed by atoms with Gasteiger partial charge in [-0.15, -0.1) is 0 Å². The standard InChI is InChI=1S/C15H17NO4S/c1-11-7-8-13(20-11)10-16(2)15(17)12-5-4-6-14(9-12)21(3,18)19/h4-9H,10H2,1-3H3. The van der Waals surface area contributed by atoms with E-state index in [-0.39, 0.29) is 10.8 Å². The maximum Gasteiger partial charge on any atom is 0.254 e. The van der Waals surface area contributed by atoms with Gasteiger partial charge < -0.3 is 9.32 Å². The van der Waals surface area contributed by atoms with E-state index in [1.54, 1.807) is 19.2 Å². The van der Waals surface area contributed by atoms with E-state index in [4.69, 9.17) is 4.42 Å². The van der Waals surface area contributed by atoms with Crippen LogP contribution in [0.5, 0.6) is 0 Å². The smallest absolute Gasteiger partial charge is 0.254 e. The molecule has 0 atom stereocenters. The lowest BCUT2D eigenvalue weighted by molar-refractivity contribution is 0.0774. The fraction of sp³-hybridized carbons (Fsp3) is 0.267. The second-order valence-corrected chi connectivity index (χ2v) is 6.99. The summed E-state index contributed by atoms with van der Waals surface area (Å²) in [6.45, 7) is 2.16. The lowest BCUT2D eigenvalue weighted by Crippen LogP contribution is -2.26. The van der Waals surface area contributed by atoms with Crippen molar-refractivity contribution in [3.05, 3.63) is 53.5 Å². The van der Waals surface area contributed by atoms with Crippen LogP contribution in [0.1, 0.15) is 21.9 Å². The van der Waals surface area contributed by atoms with Crippen molar-refractivity contribution in [3.8, 4) is 0 Å². The lowest BCUT2D eigenvalue weighted by atomic mass is 10.2. The molecule has 0 aliphatic carbocycles. The summed E-state index contributed by atoms with van der Waals surface area (Å²) in [7, 11) is -1.68. The second kappa shape index (κ2) is 5.73. The molecule has 1 aromatic heterocycles. The SMILES string of the molecule is Cc1ccc(CN(C)C(=O)c2cccc(S(C)(=O)=O)c2)o1. The van der Waals surface area contributed by atoms with Gasteiger partial charge >= 0.3 is 0 Å². The van der Waals surface area contributed by atoms with Crippen LogP contribution < -0.4 is 0 Å². The monoisotopic (exact) mass is 307 g/mol. The molecule has 112 valence electrons. The number of benzene rings is 1. The molecule has 0 unspecified atom stereocenters. The first kappa shape index (κ1) is 15.3. The van der Waals surface area contributed by atoms with Crippen LogP contribution in [-0.4, -0.2) is 32.5 Å². The van der Waals surface area contributed by atoms with Crippen molar-refractivity contribution in [1.82, 2.24) is 4.90 Å². The van der Waals surface area contributed by atoms with Gasteiger partial charge in [-0.3, -0.25) is 4.79 Å². The van der Waals surface area contributed by atoms with Gasteiger partial charge in [0, 0.05) is 18.9 Å². The molecule has 0 radical (unpaired) electrons. The highest BCUT2D eigenvalue weighted by Gasteiger charge is 2.16. The van der Waals surface area contributed by atoms with Crippen molar-refractivity contribution in [1.29, 1.82) is 0 Å². The van der Waals surface area contributed by atoms with E-state index in [1.165, 1.54) is 17.0 Å². The van der Waals surface area contributed by atoms with Gasteiger partial charge in [0.25, 0.3) is 5.91 Å². The maximum absolute atomic E-state index is 12.3. The summed E-state index contributed by atoms with van der Waals surface area (Å²) < 4.78 is 28.5. The number of carbonyl (C=O) groups is 1. The molecule has 0 aliphatic heterocycles. The van der Waals surface area contributed by atoms with E-state index >= 15 is 0 Å². The number of nitrogens with zero attached hydrogens (tertiary/aromatic N) is 1. The first-order chi connectivity index (χ1) is 9.77. The van der Waals surface area contributed by atoms with E-state index < -0.39 is 9.84 Å². The summed E-state index contributed by atoms with van der Waals surface area (Å²) in [4.78, 5) is 13.9. The van der Waals surface area contributed by atoms with Crippen molar-refractivity contribution in [2.75, 3.05) is 13.3 Å². The number of amides is 1. The van der Waals surface area contributed by atoms with Crippen molar-refractivity contribution in [2.24, 2.45) is 0 Å². The summed E-state index contributed by atoms with van der Waals surface area (Å²) >= 11 is 0. The van der Waals surface area contributed by atoms with E-state index in [2.05, 4.69) is 0 Å². The zero-order chi connectivity index (χ0) is 15.6. The first-order valence-corrected chi connectivity index (χ1v) is 8.27. The third kappa shape index (κ3) is 3.72. The average Bonchev–Trinajstić information content (AvgIpc) is 2.82. The highest BCUT2D eigenvalue weighted by atomic mass is 32.2. The van der Waals surface area contributed by atoms with Gasteiger partial charge in [-0.2, -0.15) is 0 Å². The molecule has 1 heterocycles. The third-order valence-corrected chi connectivity index (χ3v) is 4.16. The summed E-state index contributed by atoms with van der Waals surface area (Å²) in [5, 5.41) is 0. The Labute approximate surface area is 124 Å². The summed E-state index contributed by atoms with van der Waals surface area (Å²) in [5.74, 6) is 1.21. The molecule has 0 saturated heterocycles. The van der Waals surface area contributed by atoms with Crippen molar-refractivity contribution < 1.29 is 17.6 Å². The van der Waals surface area contributed by atoms with Gasteiger partial charge in [-0.1, -0.05) is 6.07 Å². The Balaban J connectivity index is 2.19. The minimum absolute atomic E-state index is 0.135. The predicted molar refractivity (Wildman–Crippen MR) is 78.8 cm³/mol. The number of hydrogen-bond donors (Lipinski definition) is 0. The lowest BCUT2D eigenvalue weighted by Gasteiger charge is -2.16. The molecule has 1 amide bonds. The number of hydrogen-bond acceptors (Lipinski definition) is 4. The number of aryl methyl sites for hydroxylation is 1. The highest BCUT2D eigenvalue weighted by Crippen LogP contribution is 2.15. The van der Waals surface area contributed by atoms with E-state index in [0.29, 0.717) is 17.9 Å². The van der Waals surface area contributed by atoms with Crippen LogP contribution in [0.15, 0.2) is 45.7 Å². The van der Waals surface area contributed by atoms with Crippen molar-refractivity contribution >= 4 is 15.7 Å².